The van der Waals surface area contributed by atoms with Gasteiger partial charge in [0.15, 0.2) is 5.69 Å². The Bertz CT molecular complexity index is 544. The Morgan fingerprint density at radius 2 is 1.39 bits per heavy atom. The predicted octanol–water partition coefficient (Wildman–Crippen LogP) is 3.92. The second-order valence-corrected chi connectivity index (χ2v) is 4.19. The Morgan fingerprint density at radius 3 is 1.94 bits per heavy atom. The number of nitrogens with one attached hydrogen (secondary N) is 1. The minimum absolute atomic E-state index is 0.500. The lowest BCUT2D eigenvalue weighted by atomic mass is 10.2. The standard InChI is InChI=1S/C14H15N3O/c1-11-3-7-13(8-4-11)15-16-17(18)14-9-5-12(2)6-10-14/h3-10,15H,1-2H3. The van der Waals surface area contributed by atoms with E-state index >= 15 is 0 Å². The molecule has 0 saturated heterocycles. The summed E-state index contributed by atoms with van der Waals surface area (Å²) in [6, 6.07) is 14.9. The SMILES string of the molecule is Cc1ccc(NN=[N+]([O-])c2ccc(C)cc2)cc1. The largest absolute Gasteiger partial charge is 0.691 e. The Balaban J connectivity index is 2.09. The topological polar surface area (TPSA) is 50.5 Å². The van der Waals surface area contributed by atoms with E-state index in [9.17, 15) is 5.21 Å². The van der Waals surface area contributed by atoms with Crippen LogP contribution in [0.2, 0.25) is 0 Å². The molecule has 1 N–H and O–H groups in total. The first kappa shape index (κ1) is 12.1. The molecule has 0 fully saturated rings. The molecule has 0 aliphatic carbocycles. The second-order valence-electron chi connectivity index (χ2n) is 4.19. The lowest BCUT2D eigenvalue weighted by molar-refractivity contribution is -0.439. The van der Waals surface area contributed by atoms with Crippen molar-refractivity contribution in [2.75, 3.05) is 5.43 Å². The zero-order valence-corrected chi connectivity index (χ0v) is 10.4. The molecule has 4 heteroatoms. The monoisotopic (exact) mass is 241 g/mol. The van der Waals surface area contributed by atoms with Crippen LogP contribution >= 0.6 is 0 Å². The van der Waals surface area contributed by atoms with Gasteiger partial charge in [0.25, 0.3) is 0 Å². The zero-order chi connectivity index (χ0) is 13.0. The van der Waals surface area contributed by atoms with Crippen LogP contribution in [0.15, 0.2) is 53.8 Å². The summed E-state index contributed by atoms with van der Waals surface area (Å²) in [5, 5.41) is 15.4. The Morgan fingerprint density at radius 1 is 0.889 bits per heavy atom. The zero-order valence-electron chi connectivity index (χ0n) is 10.4. The smallest absolute Gasteiger partial charge is 0.154 e. The number of hydrogen-bond donors (Lipinski definition) is 1. The van der Waals surface area contributed by atoms with Crippen molar-refractivity contribution in [3.8, 4) is 0 Å². The van der Waals surface area contributed by atoms with Gasteiger partial charge in [-0.05, 0) is 38.1 Å². The molecule has 0 aliphatic heterocycles. The molecule has 0 saturated carbocycles. The van der Waals surface area contributed by atoms with Crippen LogP contribution in [0.1, 0.15) is 11.1 Å². The molecular weight excluding hydrogens is 226 g/mol. The highest BCUT2D eigenvalue weighted by Gasteiger charge is 1.98. The molecule has 0 amide bonds. The third kappa shape index (κ3) is 3.07. The van der Waals surface area contributed by atoms with E-state index in [0.29, 0.717) is 10.5 Å². The van der Waals surface area contributed by atoms with Crippen molar-refractivity contribution in [1.29, 1.82) is 0 Å². The normalized spacial score (nSPS) is 11.3. The van der Waals surface area contributed by atoms with Crippen LogP contribution in [0.5, 0.6) is 0 Å². The van der Waals surface area contributed by atoms with Crippen LogP contribution in [-0.4, -0.2) is 4.86 Å². The summed E-state index contributed by atoms with van der Waals surface area (Å²) in [4.78, 5) is 0.569. The van der Waals surface area contributed by atoms with Gasteiger partial charge in [-0.25, -0.2) is 0 Å². The van der Waals surface area contributed by atoms with E-state index in [1.807, 2.05) is 50.2 Å². The summed E-state index contributed by atoms with van der Waals surface area (Å²) < 4.78 is 0. The summed E-state index contributed by atoms with van der Waals surface area (Å²) in [6.45, 7) is 3.98. The molecule has 92 valence electrons. The van der Waals surface area contributed by atoms with Crippen molar-refractivity contribution in [1.82, 2.24) is 0 Å². The van der Waals surface area contributed by atoms with Gasteiger partial charge < -0.3 is 5.21 Å². The van der Waals surface area contributed by atoms with Gasteiger partial charge in [0.1, 0.15) is 5.69 Å². The summed E-state index contributed by atoms with van der Waals surface area (Å²) in [5.74, 6) is 0. The van der Waals surface area contributed by atoms with E-state index in [-0.39, 0.29) is 0 Å². The maximum atomic E-state index is 11.7. The van der Waals surface area contributed by atoms with Crippen molar-refractivity contribution in [2.24, 2.45) is 5.22 Å². The van der Waals surface area contributed by atoms with E-state index < -0.39 is 0 Å². The first-order valence-corrected chi connectivity index (χ1v) is 5.72. The van der Waals surface area contributed by atoms with Gasteiger partial charge in [-0.3, -0.25) is 0 Å². The van der Waals surface area contributed by atoms with E-state index in [1.165, 1.54) is 0 Å². The fourth-order valence-electron chi connectivity index (χ4n) is 1.46. The van der Waals surface area contributed by atoms with Gasteiger partial charge in [-0.1, -0.05) is 35.4 Å². The highest BCUT2D eigenvalue weighted by atomic mass is 16.5. The van der Waals surface area contributed by atoms with E-state index in [4.69, 9.17) is 0 Å². The number of benzene rings is 2. The lowest BCUT2D eigenvalue weighted by Gasteiger charge is -2.05. The van der Waals surface area contributed by atoms with Crippen LogP contribution in [0.3, 0.4) is 0 Å². The minimum atomic E-state index is 0.500. The molecule has 2 aromatic rings. The molecule has 0 aromatic heterocycles. The summed E-state index contributed by atoms with van der Waals surface area (Å²) in [5.41, 5.74) is 6.28. The molecule has 0 unspecified atom stereocenters. The molecule has 0 spiro atoms. The number of hydrogen-bond acceptors (Lipinski definition) is 2. The molecule has 18 heavy (non-hydrogen) atoms. The first-order chi connectivity index (χ1) is 8.65. The lowest BCUT2D eigenvalue weighted by Crippen LogP contribution is -1.97. The van der Waals surface area contributed by atoms with E-state index in [0.717, 1.165) is 16.8 Å². The molecule has 0 bridgehead atoms. The van der Waals surface area contributed by atoms with Crippen LogP contribution in [0.4, 0.5) is 11.4 Å². The quantitative estimate of drug-likeness (QED) is 0.503. The number of rotatable bonds is 3. The van der Waals surface area contributed by atoms with Crippen LogP contribution < -0.4 is 5.43 Å². The van der Waals surface area contributed by atoms with Gasteiger partial charge in [-0.15, -0.1) is 10.3 Å². The summed E-state index contributed by atoms with van der Waals surface area (Å²) in [6.07, 6.45) is 0. The Hall–Kier alpha value is -2.36. The highest BCUT2D eigenvalue weighted by Crippen LogP contribution is 2.13. The third-order valence-electron chi connectivity index (χ3n) is 2.58. The molecule has 0 heterocycles. The third-order valence-corrected chi connectivity index (χ3v) is 2.58. The maximum absolute atomic E-state index is 11.7. The first-order valence-electron chi connectivity index (χ1n) is 5.72. The van der Waals surface area contributed by atoms with Crippen molar-refractivity contribution in [3.63, 3.8) is 0 Å². The Kier molecular flexibility index (Phi) is 3.57. The Labute approximate surface area is 106 Å². The van der Waals surface area contributed by atoms with E-state index in [1.54, 1.807) is 12.1 Å². The molecule has 2 aromatic carbocycles. The molecule has 0 radical (unpaired) electrons. The molecule has 0 atom stereocenters. The number of aryl methyl sites for hydroxylation is 2. The van der Waals surface area contributed by atoms with Gasteiger partial charge >= 0.3 is 0 Å². The summed E-state index contributed by atoms with van der Waals surface area (Å²) in [7, 11) is 0. The van der Waals surface area contributed by atoms with Gasteiger partial charge in [0.05, 0.1) is 5.22 Å². The average Bonchev–Trinajstić information content (AvgIpc) is 2.38. The summed E-state index contributed by atoms with van der Waals surface area (Å²) >= 11 is 0. The van der Waals surface area contributed by atoms with Crippen molar-refractivity contribution < 1.29 is 4.86 Å². The molecular formula is C14H15N3O. The van der Waals surface area contributed by atoms with Crippen molar-refractivity contribution in [3.05, 3.63) is 64.9 Å². The van der Waals surface area contributed by atoms with E-state index in [2.05, 4.69) is 10.6 Å². The minimum Gasteiger partial charge on any atom is -0.691 e. The van der Waals surface area contributed by atoms with Crippen molar-refractivity contribution >= 4 is 11.4 Å². The van der Waals surface area contributed by atoms with Crippen LogP contribution in [0.25, 0.3) is 0 Å². The number of anilines is 1. The fraction of sp³-hybridized carbons (Fsp3) is 0.143. The van der Waals surface area contributed by atoms with Gasteiger partial charge in [0, 0.05) is 0 Å². The highest BCUT2D eigenvalue weighted by molar-refractivity contribution is 5.43. The van der Waals surface area contributed by atoms with Crippen LogP contribution in [-0.2, 0) is 0 Å². The van der Waals surface area contributed by atoms with Crippen molar-refractivity contribution in [2.45, 2.75) is 13.8 Å². The molecule has 2 rings (SSSR count). The second kappa shape index (κ2) is 5.31. The fourth-order valence-corrected chi connectivity index (χ4v) is 1.46. The maximum Gasteiger partial charge on any atom is 0.154 e. The van der Waals surface area contributed by atoms with Crippen LogP contribution in [0, 0.1) is 19.1 Å². The average molecular weight is 241 g/mol. The van der Waals surface area contributed by atoms with Gasteiger partial charge in [0.2, 0.25) is 0 Å². The van der Waals surface area contributed by atoms with Gasteiger partial charge in [-0.2, -0.15) is 0 Å². The number of nitrogens with zero attached hydrogens (tertiary/aromatic N) is 2. The molecule has 0 aliphatic rings. The molecule has 4 nitrogen and oxygen atoms in total. The predicted molar refractivity (Wildman–Crippen MR) is 71.7 cm³/mol.